The molecule has 0 saturated carbocycles. The monoisotopic (exact) mass is 368 g/mol. The van der Waals surface area contributed by atoms with E-state index < -0.39 is 30.5 Å². The van der Waals surface area contributed by atoms with Gasteiger partial charge in [-0.05, 0) is 12.8 Å². The molecule has 0 aromatic rings. The van der Waals surface area contributed by atoms with Gasteiger partial charge in [0.1, 0.15) is 24.4 Å². The van der Waals surface area contributed by atoms with Crippen LogP contribution in [0.2, 0.25) is 0 Å². The van der Waals surface area contributed by atoms with Crippen LogP contribution >= 0.6 is 25.3 Å². The lowest BCUT2D eigenvalue weighted by atomic mass is 9.92. The molecule has 5 nitrogen and oxygen atoms in total. The summed E-state index contributed by atoms with van der Waals surface area (Å²) in [4.78, 5) is 0. The molecule has 0 aromatic carbocycles. The van der Waals surface area contributed by atoms with Crippen molar-refractivity contribution < 1.29 is 25.2 Å². The molecule has 0 bridgehead atoms. The smallest absolute Gasteiger partial charge is 0.111 e. The summed E-state index contributed by atoms with van der Waals surface area (Å²) in [5.74, 6) is 0. The van der Waals surface area contributed by atoms with Crippen LogP contribution in [0.15, 0.2) is 0 Å². The molecule has 0 aliphatic carbocycles. The van der Waals surface area contributed by atoms with Gasteiger partial charge in [0.2, 0.25) is 0 Å². The number of aliphatic hydroxyl groups excluding tert-OH is 4. The first kappa shape index (κ1) is 21.5. The second kappa shape index (κ2) is 12.0. The highest BCUT2D eigenvalue weighted by Crippen LogP contribution is 2.25. The van der Waals surface area contributed by atoms with Crippen LogP contribution in [-0.2, 0) is 4.74 Å². The van der Waals surface area contributed by atoms with Gasteiger partial charge in [0.25, 0.3) is 0 Å². The molecular weight excluding hydrogens is 336 g/mol. The highest BCUT2D eigenvalue weighted by molar-refractivity contribution is 7.99. The molecule has 4 N–H and O–H groups in total. The van der Waals surface area contributed by atoms with Gasteiger partial charge < -0.3 is 25.2 Å². The summed E-state index contributed by atoms with van der Waals surface area (Å²) >= 11 is 8.47. The molecule has 5 atom stereocenters. The van der Waals surface area contributed by atoms with E-state index in [1.807, 2.05) is 0 Å². The van der Waals surface area contributed by atoms with Crippen LogP contribution in [0.4, 0.5) is 0 Å². The van der Waals surface area contributed by atoms with Crippen LogP contribution in [-0.4, -0.2) is 62.1 Å². The van der Waals surface area contributed by atoms with Crippen LogP contribution < -0.4 is 0 Å². The Morgan fingerprint density at radius 1 is 0.739 bits per heavy atom. The molecule has 0 amide bonds. The lowest BCUT2D eigenvalue weighted by molar-refractivity contribution is -0.230. The minimum atomic E-state index is -1.26. The molecule has 1 aliphatic heterocycles. The molecule has 1 fully saturated rings. The van der Waals surface area contributed by atoms with E-state index in [2.05, 4.69) is 25.3 Å². The molecule has 1 aliphatic rings. The standard InChI is InChI=1S/C16H32O5S2/c17-10-12-15(19)16(20)14(18)11(21-12)8-6-4-2-1-3-5-7-9-13(22)23/h11-20,22-23H,1-10H2/t11-,12+,14-,15+,16+/m0/s1. The molecule has 1 rings (SSSR count). The van der Waals surface area contributed by atoms with Crippen molar-refractivity contribution in [1.82, 2.24) is 0 Å². The summed E-state index contributed by atoms with van der Waals surface area (Å²) in [7, 11) is 0. The van der Waals surface area contributed by atoms with Gasteiger partial charge in [0.15, 0.2) is 0 Å². The highest BCUT2D eigenvalue weighted by Gasteiger charge is 2.42. The summed E-state index contributed by atoms with van der Waals surface area (Å²) in [6, 6.07) is 0. The number of hydrogen-bond acceptors (Lipinski definition) is 7. The largest absolute Gasteiger partial charge is 0.394 e. The van der Waals surface area contributed by atoms with E-state index >= 15 is 0 Å². The Kier molecular flexibility index (Phi) is 11.2. The lowest BCUT2D eigenvalue weighted by Crippen LogP contribution is -2.58. The molecule has 0 radical (unpaired) electrons. The minimum absolute atomic E-state index is 0.188. The lowest BCUT2D eigenvalue weighted by Gasteiger charge is -2.40. The Balaban J connectivity index is 2.08. The molecule has 0 spiro atoms. The maximum atomic E-state index is 9.94. The second-order valence-electron chi connectivity index (χ2n) is 6.40. The van der Waals surface area contributed by atoms with E-state index in [0.29, 0.717) is 6.42 Å². The SMILES string of the molecule is OC[C@H]1O[C@@H](CCCCCCCCCC(S)S)[C@H](O)[C@@H](O)[C@@H]1O. The van der Waals surface area contributed by atoms with Crippen LogP contribution in [0.25, 0.3) is 0 Å². The van der Waals surface area contributed by atoms with Crippen molar-refractivity contribution in [3.63, 3.8) is 0 Å². The molecule has 1 saturated heterocycles. The predicted molar refractivity (Wildman–Crippen MR) is 97.1 cm³/mol. The highest BCUT2D eigenvalue weighted by atomic mass is 32.2. The van der Waals surface area contributed by atoms with Crippen molar-refractivity contribution in [3.8, 4) is 0 Å². The van der Waals surface area contributed by atoms with Gasteiger partial charge in [-0.2, -0.15) is 25.3 Å². The third-order valence-corrected chi connectivity index (χ3v) is 4.96. The third-order valence-electron chi connectivity index (χ3n) is 4.44. The summed E-state index contributed by atoms with van der Waals surface area (Å²) in [5.41, 5.74) is 0. The third kappa shape index (κ3) is 7.94. The fourth-order valence-corrected chi connectivity index (χ4v) is 3.34. The first-order valence-corrected chi connectivity index (χ1v) is 9.67. The van der Waals surface area contributed by atoms with Gasteiger partial charge in [-0.25, -0.2) is 0 Å². The zero-order valence-corrected chi connectivity index (χ0v) is 15.4. The summed E-state index contributed by atoms with van der Waals surface area (Å²) in [6.07, 6.45) is 4.63. The molecule has 7 heteroatoms. The first-order chi connectivity index (χ1) is 11.0. The van der Waals surface area contributed by atoms with E-state index in [1.54, 1.807) is 0 Å². The molecule has 23 heavy (non-hydrogen) atoms. The van der Waals surface area contributed by atoms with Crippen molar-refractivity contribution in [2.24, 2.45) is 0 Å². The fourth-order valence-electron chi connectivity index (χ4n) is 2.97. The molecule has 0 aromatic heterocycles. The number of hydrogen-bond donors (Lipinski definition) is 6. The quantitative estimate of drug-likeness (QED) is 0.189. The maximum absolute atomic E-state index is 9.94. The van der Waals surface area contributed by atoms with Crippen molar-refractivity contribution in [3.05, 3.63) is 0 Å². The second-order valence-corrected chi connectivity index (χ2v) is 8.05. The number of ether oxygens (including phenoxy) is 1. The average Bonchev–Trinajstić information content (AvgIpc) is 2.52. The Morgan fingerprint density at radius 2 is 1.26 bits per heavy atom. The van der Waals surface area contributed by atoms with Crippen molar-refractivity contribution in [2.45, 2.75) is 92.9 Å². The summed E-state index contributed by atoms with van der Waals surface area (Å²) in [5, 5.41) is 38.5. The Bertz CT molecular complexity index is 304. The topological polar surface area (TPSA) is 90.2 Å². The van der Waals surface area contributed by atoms with E-state index in [1.165, 1.54) is 25.7 Å². The van der Waals surface area contributed by atoms with Gasteiger partial charge in [-0.1, -0.05) is 44.9 Å². The number of unbranched alkanes of at least 4 members (excludes halogenated alkanes) is 6. The molecular formula is C16H32O5S2. The number of aliphatic hydroxyl groups is 4. The van der Waals surface area contributed by atoms with Gasteiger partial charge in [0.05, 0.1) is 12.7 Å². The zero-order valence-electron chi connectivity index (χ0n) is 13.6. The Hall–Kier alpha value is 0.500. The van der Waals surface area contributed by atoms with E-state index in [0.717, 1.165) is 25.7 Å². The van der Waals surface area contributed by atoms with Gasteiger partial charge in [0, 0.05) is 4.58 Å². The fraction of sp³-hybridized carbons (Fsp3) is 1.00. The van der Waals surface area contributed by atoms with E-state index in [9.17, 15) is 15.3 Å². The van der Waals surface area contributed by atoms with Crippen molar-refractivity contribution in [2.75, 3.05) is 6.61 Å². The molecule has 0 unspecified atom stereocenters. The normalized spacial score (nSPS) is 31.7. The van der Waals surface area contributed by atoms with Crippen molar-refractivity contribution >= 4 is 25.3 Å². The predicted octanol–water partition coefficient (Wildman–Crippen LogP) is 1.53. The van der Waals surface area contributed by atoms with Gasteiger partial charge >= 0.3 is 0 Å². The van der Waals surface area contributed by atoms with Crippen LogP contribution in [0.3, 0.4) is 0 Å². The Labute approximate surface area is 150 Å². The van der Waals surface area contributed by atoms with E-state index in [-0.39, 0.29) is 11.2 Å². The molecule has 138 valence electrons. The summed E-state index contributed by atoms with van der Waals surface area (Å²) < 4.78 is 5.68. The van der Waals surface area contributed by atoms with Crippen LogP contribution in [0.5, 0.6) is 0 Å². The maximum Gasteiger partial charge on any atom is 0.111 e. The van der Waals surface area contributed by atoms with E-state index in [4.69, 9.17) is 9.84 Å². The van der Waals surface area contributed by atoms with Crippen LogP contribution in [0.1, 0.15) is 57.8 Å². The zero-order chi connectivity index (χ0) is 17.2. The van der Waals surface area contributed by atoms with Crippen LogP contribution in [0, 0.1) is 0 Å². The first-order valence-electron chi connectivity index (χ1n) is 8.64. The number of thiol groups is 2. The average molecular weight is 369 g/mol. The van der Waals surface area contributed by atoms with Gasteiger partial charge in [-0.15, -0.1) is 0 Å². The number of rotatable bonds is 11. The van der Waals surface area contributed by atoms with Crippen molar-refractivity contribution in [1.29, 1.82) is 0 Å². The van der Waals surface area contributed by atoms with Gasteiger partial charge in [-0.3, -0.25) is 0 Å². The Morgan fingerprint density at radius 3 is 1.83 bits per heavy atom. The summed E-state index contributed by atoms with van der Waals surface area (Å²) in [6.45, 7) is -0.360. The molecule has 1 heterocycles. The minimum Gasteiger partial charge on any atom is -0.394 e.